The van der Waals surface area contributed by atoms with Gasteiger partial charge in [0.2, 0.25) is 0 Å². The van der Waals surface area contributed by atoms with Crippen LogP contribution in [0.1, 0.15) is 22.3 Å². The summed E-state index contributed by atoms with van der Waals surface area (Å²) in [6.07, 6.45) is 0. The molecule has 290 valence electrons. The average molecular weight is 808 g/mol. The Bertz CT molecular complexity index is 3350. The Kier molecular flexibility index (Phi) is 8.58. The van der Waals surface area contributed by atoms with Crippen LogP contribution in [0.3, 0.4) is 0 Å². The van der Waals surface area contributed by atoms with E-state index < -0.39 is 5.41 Å². The lowest BCUT2D eigenvalue weighted by Crippen LogP contribution is -2.29. The van der Waals surface area contributed by atoms with Crippen molar-refractivity contribution >= 4 is 31.5 Å². The topological polar surface area (TPSA) is 38.7 Å². The molecule has 0 radical (unpaired) electrons. The number of nitrogens with zero attached hydrogens (tertiary/aromatic N) is 3. The molecule has 0 fully saturated rings. The van der Waals surface area contributed by atoms with Crippen LogP contribution in [0.4, 0.5) is 0 Å². The SMILES string of the molecule is c1ccc(-c2nc(-c3ccccc3)nc(-c3cccc4sc5ccc(-c6cccc(-c7cccc8c7C(c7ccccc7)(c7ccccc7)c7ccccc7-8)c6)cc5c34)n2)cc1. The normalized spacial score (nSPS) is 12.6. The Morgan fingerprint density at radius 3 is 1.52 bits per heavy atom. The first-order valence-electron chi connectivity index (χ1n) is 21.0. The molecular formula is C58H37N3S. The second-order valence-corrected chi connectivity index (χ2v) is 17.0. The fraction of sp³-hybridized carbons (Fsp3) is 0.0172. The summed E-state index contributed by atoms with van der Waals surface area (Å²) in [5, 5.41) is 2.35. The second-order valence-electron chi connectivity index (χ2n) is 15.9. The monoisotopic (exact) mass is 807 g/mol. The van der Waals surface area contributed by atoms with Gasteiger partial charge in [-0.05, 0) is 79.9 Å². The molecule has 0 saturated heterocycles. The lowest BCUT2D eigenvalue weighted by atomic mass is 9.66. The van der Waals surface area contributed by atoms with Gasteiger partial charge in [-0.2, -0.15) is 0 Å². The fourth-order valence-electron chi connectivity index (χ4n) is 9.73. The summed E-state index contributed by atoms with van der Waals surface area (Å²) in [7, 11) is 0. The Morgan fingerprint density at radius 1 is 0.323 bits per heavy atom. The van der Waals surface area contributed by atoms with Crippen LogP contribution in [0.2, 0.25) is 0 Å². The van der Waals surface area contributed by atoms with Crippen molar-refractivity contribution < 1.29 is 0 Å². The molecule has 0 atom stereocenters. The van der Waals surface area contributed by atoms with E-state index in [0.29, 0.717) is 17.5 Å². The lowest BCUT2D eigenvalue weighted by Gasteiger charge is -2.35. The number of hydrogen-bond donors (Lipinski definition) is 0. The largest absolute Gasteiger partial charge is 0.208 e. The third kappa shape index (κ3) is 5.76. The van der Waals surface area contributed by atoms with Crippen molar-refractivity contribution in [2.24, 2.45) is 0 Å². The van der Waals surface area contributed by atoms with Gasteiger partial charge in [0.15, 0.2) is 17.5 Å². The molecule has 3 nitrogen and oxygen atoms in total. The summed E-state index contributed by atoms with van der Waals surface area (Å²) >= 11 is 1.81. The first kappa shape index (κ1) is 36.1. The van der Waals surface area contributed by atoms with Crippen molar-refractivity contribution in [1.82, 2.24) is 15.0 Å². The van der Waals surface area contributed by atoms with E-state index in [1.165, 1.54) is 59.3 Å². The van der Waals surface area contributed by atoms with Gasteiger partial charge in [-0.25, -0.2) is 15.0 Å². The third-order valence-electron chi connectivity index (χ3n) is 12.4. The van der Waals surface area contributed by atoms with Gasteiger partial charge in [0.1, 0.15) is 0 Å². The molecule has 2 aromatic heterocycles. The van der Waals surface area contributed by atoms with Gasteiger partial charge < -0.3 is 0 Å². The molecule has 0 N–H and O–H groups in total. The molecule has 0 saturated carbocycles. The lowest BCUT2D eigenvalue weighted by molar-refractivity contribution is 0.770. The molecule has 9 aromatic carbocycles. The maximum atomic E-state index is 5.14. The van der Waals surface area contributed by atoms with Crippen LogP contribution >= 0.6 is 11.3 Å². The van der Waals surface area contributed by atoms with Crippen LogP contribution in [0.5, 0.6) is 0 Å². The van der Waals surface area contributed by atoms with Gasteiger partial charge >= 0.3 is 0 Å². The van der Waals surface area contributed by atoms with Gasteiger partial charge in [-0.15, -0.1) is 11.3 Å². The predicted molar refractivity (Wildman–Crippen MR) is 257 cm³/mol. The second kappa shape index (κ2) is 14.7. The zero-order valence-electron chi connectivity index (χ0n) is 33.6. The first-order valence-corrected chi connectivity index (χ1v) is 21.8. The first-order chi connectivity index (χ1) is 30.7. The predicted octanol–water partition coefficient (Wildman–Crippen LogP) is 14.9. The van der Waals surface area contributed by atoms with E-state index in [-0.39, 0.29) is 0 Å². The molecule has 0 aliphatic heterocycles. The zero-order valence-corrected chi connectivity index (χ0v) is 34.4. The van der Waals surface area contributed by atoms with Crippen molar-refractivity contribution in [1.29, 1.82) is 0 Å². The number of fused-ring (bicyclic) bond motifs is 6. The number of benzene rings is 9. The van der Waals surface area contributed by atoms with Crippen LogP contribution in [0.25, 0.3) is 87.7 Å². The zero-order chi connectivity index (χ0) is 41.0. The molecule has 2 heterocycles. The smallest absolute Gasteiger partial charge is 0.164 e. The molecule has 1 aliphatic carbocycles. The van der Waals surface area contributed by atoms with Crippen LogP contribution in [-0.2, 0) is 5.41 Å². The summed E-state index contributed by atoms with van der Waals surface area (Å²) in [4.78, 5) is 15.3. The maximum absolute atomic E-state index is 5.14. The van der Waals surface area contributed by atoms with Crippen molar-refractivity contribution in [2.45, 2.75) is 5.41 Å². The van der Waals surface area contributed by atoms with E-state index in [4.69, 9.17) is 15.0 Å². The van der Waals surface area contributed by atoms with E-state index in [0.717, 1.165) is 33.2 Å². The summed E-state index contributed by atoms with van der Waals surface area (Å²) < 4.78 is 2.42. The molecule has 0 unspecified atom stereocenters. The number of aromatic nitrogens is 3. The fourth-order valence-corrected chi connectivity index (χ4v) is 10.8. The van der Waals surface area contributed by atoms with Gasteiger partial charge in [0.25, 0.3) is 0 Å². The third-order valence-corrected chi connectivity index (χ3v) is 13.6. The van der Waals surface area contributed by atoms with Crippen molar-refractivity contribution in [3.05, 3.63) is 247 Å². The van der Waals surface area contributed by atoms with Gasteiger partial charge in [-0.3, -0.25) is 0 Å². The van der Waals surface area contributed by atoms with Crippen LogP contribution in [0, 0.1) is 0 Å². The molecule has 4 heteroatoms. The molecule has 0 amide bonds. The van der Waals surface area contributed by atoms with E-state index >= 15 is 0 Å². The Morgan fingerprint density at radius 2 is 0.823 bits per heavy atom. The van der Waals surface area contributed by atoms with E-state index in [1.807, 2.05) is 47.7 Å². The number of hydrogen-bond acceptors (Lipinski definition) is 4. The van der Waals surface area contributed by atoms with Crippen molar-refractivity contribution in [3.8, 4) is 67.5 Å². The summed E-state index contributed by atoms with van der Waals surface area (Å²) in [6.45, 7) is 0. The molecule has 0 bridgehead atoms. The summed E-state index contributed by atoms with van der Waals surface area (Å²) in [5.41, 5.74) is 14.9. The quantitative estimate of drug-likeness (QED) is 0.161. The minimum Gasteiger partial charge on any atom is -0.208 e. The van der Waals surface area contributed by atoms with Crippen LogP contribution in [-0.4, -0.2) is 15.0 Å². The van der Waals surface area contributed by atoms with Crippen molar-refractivity contribution in [2.75, 3.05) is 0 Å². The number of thiophene rings is 1. The molecule has 11 aromatic rings. The van der Waals surface area contributed by atoms with E-state index in [1.54, 1.807) is 0 Å². The van der Waals surface area contributed by atoms with E-state index in [9.17, 15) is 0 Å². The van der Waals surface area contributed by atoms with Gasteiger partial charge in [0, 0.05) is 36.9 Å². The van der Waals surface area contributed by atoms with Crippen molar-refractivity contribution in [3.63, 3.8) is 0 Å². The highest BCUT2D eigenvalue weighted by Crippen LogP contribution is 2.58. The average Bonchev–Trinajstić information content (AvgIpc) is 3.89. The Labute approximate surface area is 364 Å². The van der Waals surface area contributed by atoms with Crippen LogP contribution < -0.4 is 0 Å². The van der Waals surface area contributed by atoms with Gasteiger partial charge in [-0.1, -0.05) is 200 Å². The van der Waals surface area contributed by atoms with Crippen LogP contribution in [0.15, 0.2) is 224 Å². The molecule has 62 heavy (non-hydrogen) atoms. The Balaban J connectivity index is 1.03. The standard InChI is InChI=1S/C58H37N3S/c1-5-18-38(19-6-1)55-59-56(39-20-7-2-8-21-39)61-57(60-55)48-31-17-33-52-53(48)49-37-41(34-35-51(49)62-52)40-22-15-23-42(36-40)45-29-16-30-47-46-28-13-14-32-50(46)58(54(45)47,43-24-9-3-10-25-43)44-26-11-4-12-27-44/h1-37H. The molecule has 0 spiro atoms. The number of rotatable bonds is 7. The maximum Gasteiger partial charge on any atom is 0.164 e. The summed E-state index contributed by atoms with van der Waals surface area (Å²) in [6, 6.07) is 80.8. The molecule has 12 rings (SSSR count). The Hall–Kier alpha value is -7.79. The summed E-state index contributed by atoms with van der Waals surface area (Å²) in [5.74, 6) is 1.97. The highest BCUT2D eigenvalue weighted by molar-refractivity contribution is 7.26. The highest BCUT2D eigenvalue weighted by Gasteiger charge is 2.47. The van der Waals surface area contributed by atoms with Gasteiger partial charge in [0.05, 0.1) is 5.41 Å². The highest BCUT2D eigenvalue weighted by atomic mass is 32.1. The molecular weight excluding hydrogens is 771 g/mol. The molecule has 1 aliphatic rings. The van der Waals surface area contributed by atoms with E-state index in [2.05, 4.69) is 188 Å². The minimum absolute atomic E-state index is 0.498. The minimum atomic E-state index is -0.498.